The monoisotopic (exact) mass is 459 g/mol. The molecule has 132 valence electrons. The molecule has 0 radical (unpaired) electrons. The second kappa shape index (κ2) is 7.89. The molecule has 1 aliphatic rings. The first kappa shape index (κ1) is 17.7. The summed E-state index contributed by atoms with van der Waals surface area (Å²) in [5.41, 5.74) is 0.596. The van der Waals surface area contributed by atoms with Crippen LogP contribution in [0.1, 0.15) is 0 Å². The molecule has 0 heterocycles. The zero-order valence-corrected chi connectivity index (χ0v) is 17.6. The van der Waals surface area contributed by atoms with Crippen molar-refractivity contribution in [2.24, 2.45) is 0 Å². The SMILES string of the molecule is [O-]C([O][Sn]([c]1ccccc1)([c]1ccccc1)[c]1ccccc1)=C1C=CC=C1. The second-order valence-electron chi connectivity index (χ2n) is 6.34. The summed E-state index contributed by atoms with van der Waals surface area (Å²) in [6.45, 7) is 0. The quantitative estimate of drug-likeness (QED) is 0.435. The third-order valence-electron chi connectivity index (χ3n) is 4.69. The maximum absolute atomic E-state index is 13.1. The first-order valence-corrected chi connectivity index (χ1v) is 14.4. The molecular formula is C24H19O2Sn-. The Morgan fingerprint density at radius 1 is 0.593 bits per heavy atom. The summed E-state index contributed by atoms with van der Waals surface area (Å²) in [6, 6.07) is 30.6. The van der Waals surface area contributed by atoms with Gasteiger partial charge in [-0.2, -0.15) is 0 Å². The summed E-state index contributed by atoms with van der Waals surface area (Å²) < 4.78 is 9.86. The van der Waals surface area contributed by atoms with Gasteiger partial charge >= 0.3 is 165 Å². The number of allylic oxidation sites excluding steroid dienone is 5. The minimum absolute atomic E-state index is 0.257. The van der Waals surface area contributed by atoms with Gasteiger partial charge in [0.1, 0.15) is 0 Å². The summed E-state index contributed by atoms with van der Waals surface area (Å²) >= 11 is -4.00. The Bertz CT molecular complexity index is 880. The van der Waals surface area contributed by atoms with E-state index in [-0.39, 0.29) is 5.95 Å². The summed E-state index contributed by atoms with van der Waals surface area (Å²) in [5, 5.41) is 13.1. The van der Waals surface area contributed by atoms with Crippen LogP contribution in [0.3, 0.4) is 0 Å². The van der Waals surface area contributed by atoms with E-state index in [1.165, 1.54) is 0 Å². The van der Waals surface area contributed by atoms with E-state index in [4.69, 9.17) is 3.07 Å². The molecule has 3 aromatic carbocycles. The molecule has 3 aromatic rings. The number of benzene rings is 3. The predicted octanol–water partition coefficient (Wildman–Crippen LogP) is 2.37. The third kappa shape index (κ3) is 3.45. The zero-order valence-electron chi connectivity index (χ0n) is 14.8. The van der Waals surface area contributed by atoms with Gasteiger partial charge in [-0.1, -0.05) is 0 Å². The van der Waals surface area contributed by atoms with Crippen molar-refractivity contribution >= 4 is 29.5 Å². The van der Waals surface area contributed by atoms with Gasteiger partial charge in [0.2, 0.25) is 0 Å². The fraction of sp³-hybridized carbons (Fsp3) is 0. The van der Waals surface area contributed by atoms with Crippen LogP contribution in [-0.4, -0.2) is 18.8 Å². The molecule has 0 atom stereocenters. The topological polar surface area (TPSA) is 32.3 Å². The Balaban J connectivity index is 1.99. The fourth-order valence-electron chi connectivity index (χ4n) is 3.40. The van der Waals surface area contributed by atoms with Crippen molar-refractivity contribution in [3.05, 3.63) is 127 Å². The average Bonchev–Trinajstić information content (AvgIpc) is 3.29. The van der Waals surface area contributed by atoms with Gasteiger partial charge in [-0.05, 0) is 0 Å². The van der Waals surface area contributed by atoms with Gasteiger partial charge in [-0.3, -0.25) is 0 Å². The Morgan fingerprint density at radius 3 is 1.33 bits per heavy atom. The van der Waals surface area contributed by atoms with Crippen molar-refractivity contribution < 1.29 is 8.18 Å². The normalized spacial score (nSPS) is 13.0. The van der Waals surface area contributed by atoms with Gasteiger partial charge in [0.15, 0.2) is 0 Å². The van der Waals surface area contributed by atoms with Crippen molar-refractivity contribution in [1.82, 2.24) is 0 Å². The van der Waals surface area contributed by atoms with Gasteiger partial charge in [0.25, 0.3) is 0 Å². The van der Waals surface area contributed by atoms with Crippen molar-refractivity contribution in [2.75, 3.05) is 0 Å². The van der Waals surface area contributed by atoms with Gasteiger partial charge in [-0.15, -0.1) is 0 Å². The molecule has 0 saturated heterocycles. The molecule has 2 nitrogen and oxygen atoms in total. The van der Waals surface area contributed by atoms with Crippen LogP contribution in [0.5, 0.6) is 0 Å². The Hall–Kier alpha value is -2.72. The van der Waals surface area contributed by atoms with Crippen molar-refractivity contribution in [3.8, 4) is 0 Å². The first-order valence-electron chi connectivity index (χ1n) is 8.92. The van der Waals surface area contributed by atoms with Crippen LogP contribution in [0.15, 0.2) is 127 Å². The Labute approximate surface area is 164 Å². The molecule has 0 spiro atoms. The van der Waals surface area contributed by atoms with Crippen molar-refractivity contribution in [1.29, 1.82) is 0 Å². The predicted molar refractivity (Wildman–Crippen MR) is 110 cm³/mol. The molecule has 4 rings (SSSR count). The second-order valence-corrected chi connectivity index (χ2v) is 15.8. The van der Waals surface area contributed by atoms with E-state index in [1.54, 1.807) is 12.2 Å². The molecule has 1 aliphatic carbocycles. The molecule has 0 N–H and O–H groups in total. The Morgan fingerprint density at radius 2 is 0.963 bits per heavy atom. The molecule has 0 unspecified atom stereocenters. The number of hydrogen-bond donors (Lipinski definition) is 0. The van der Waals surface area contributed by atoms with Crippen LogP contribution in [0, 0.1) is 0 Å². The molecule has 3 heteroatoms. The van der Waals surface area contributed by atoms with Crippen molar-refractivity contribution in [2.45, 2.75) is 0 Å². The molecule has 0 bridgehead atoms. The number of rotatable bonds is 5. The number of hydrogen-bond acceptors (Lipinski definition) is 2. The van der Waals surface area contributed by atoms with E-state index in [0.717, 1.165) is 10.7 Å². The zero-order chi connectivity index (χ0) is 18.5. The molecule has 27 heavy (non-hydrogen) atoms. The van der Waals surface area contributed by atoms with Crippen LogP contribution < -0.4 is 15.8 Å². The van der Waals surface area contributed by atoms with Crippen LogP contribution in [0.25, 0.3) is 0 Å². The summed E-state index contributed by atoms with van der Waals surface area (Å²) in [5.74, 6) is -0.257. The van der Waals surface area contributed by atoms with Gasteiger partial charge < -0.3 is 0 Å². The van der Waals surface area contributed by atoms with Crippen LogP contribution in [0.2, 0.25) is 0 Å². The van der Waals surface area contributed by atoms with E-state index < -0.39 is 18.8 Å². The molecule has 0 aliphatic heterocycles. The molecule has 0 saturated carbocycles. The van der Waals surface area contributed by atoms with E-state index in [0.29, 0.717) is 5.57 Å². The van der Waals surface area contributed by atoms with E-state index >= 15 is 0 Å². The van der Waals surface area contributed by atoms with Gasteiger partial charge in [0.05, 0.1) is 0 Å². The van der Waals surface area contributed by atoms with Crippen LogP contribution >= 0.6 is 0 Å². The molecule has 0 fully saturated rings. The standard InChI is InChI=1S/C6H6O2.3C6H5.Sn/c7-6(8)5-3-1-2-4-5;3*1-2-4-6-5-3-1;/h1-4,7-8H;3*1-5H;/q;;;;+1/p-2. The maximum atomic E-state index is 13.1. The summed E-state index contributed by atoms with van der Waals surface area (Å²) in [4.78, 5) is 0. The summed E-state index contributed by atoms with van der Waals surface area (Å²) in [7, 11) is 0. The third-order valence-corrected chi connectivity index (χ3v) is 15.9. The van der Waals surface area contributed by atoms with Gasteiger partial charge in [-0.25, -0.2) is 0 Å². The molecule has 0 amide bonds. The fourth-order valence-corrected chi connectivity index (χ4v) is 14.1. The van der Waals surface area contributed by atoms with Gasteiger partial charge in [0, 0.05) is 0 Å². The molecule has 0 aromatic heterocycles. The van der Waals surface area contributed by atoms with E-state index in [9.17, 15) is 5.11 Å². The molecular weight excluding hydrogens is 439 g/mol. The minimum atomic E-state index is -4.00. The van der Waals surface area contributed by atoms with E-state index in [1.807, 2.05) is 66.7 Å². The van der Waals surface area contributed by atoms with Crippen LogP contribution in [-0.2, 0) is 3.07 Å². The average molecular weight is 458 g/mol. The van der Waals surface area contributed by atoms with Crippen LogP contribution in [0.4, 0.5) is 0 Å². The van der Waals surface area contributed by atoms with E-state index in [2.05, 4.69) is 36.4 Å². The first-order chi connectivity index (χ1) is 13.3. The summed E-state index contributed by atoms with van der Waals surface area (Å²) in [6.07, 6.45) is 7.34. The van der Waals surface area contributed by atoms with Crippen molar-refractivity contribution in [3.63, 3.8) is 0 Å². The Kier molecular flexibility index (Phi) is 5.16.